The van der Waals surface area contributed by atoms with E-state index < -0.39 is 0 Å². The fraction of sp³-hybridized carbons (Fsp3) is 0.812. The van der Waals surface area contributed by atoms with Crippen molar-refractivity contribution in [2.24, 2.45) is 17.3 Å². The fourth-order valence-electron chi connectivity index (χ4n) is 3.36. The van der Waals surface area contributed by atoms with E-state index in [1.807, 2.05) is 0 Å². The predicted octanol–water partition coefficient (Wildman–Crippen LogP) is 2.64. The van der Waals surface area contributed by atoms with E-state index in [0.29, 0.717) is 5.92 Å². The van der Waals surface area contributed by atoms with Crippen LogP contribution >= 0.6 is 0 Å². The van der Waals surface area contributed by atoms with Crippen molar-refractivity contribution in [1.82, 2.24) is 5.32 Å². The zero-order valence-electron chi connectivity index (χ0n) is 12.6. The lowest BCUT2D eigenvalue weighted by molar-refractivity contribution is -0.124. The van der Waals surface area contributed by atoms with Gasteiger partial charge in [-0.2, -0.15) is 0 Å². The molecule has 2 saturated carbocycles. The Balaban J connectivity index is 1.89. The van der Waals surface area contributed by atoms with Crippen LogP contribution in [0.5, 0.6) is 0 Å². The van der Waals surface area contributed by atoms with E-state index in [2.05, 4.69) is 39.1 Å². The van der Waals surface area contributed by atoms with Gasteiger partial charge in [-0.25, -0.2) is 0 Å². The van der Waals surface area contributed by atoms with Gasteiger partial charge < -0.3 is 10.4 Å². The fourth-order valence-corrected chi connectivity index (χ4v) is 3.36. The van der Waals surface area contributed by atoms with Gasteiger partial charge in [0.2, 0.25) is 5.91 Å². The number of aliphatic hydroxyl groups is 1. The van der Waals surface area contributed by atoms with Crippen molar-refractivity contribution in [3.63, 3.8) is 0 Å². The van der Waals surface area contributed by atoms with Crippen LogP contribution in [0.3, 0.4) is 0 Å². The lowest BCUT2D eigenvalue weighted by Gasteiger charge is -2.26. The normalized spacial score (nSPS) is 36.5. The van der Waals surface area contributed by atoms with Crippen LogP contribution < -0.4 is 5.32 Å². The molecular weight excluding hydrogens is 238 g/mol. The van der Waals surface area contributed by atoms with Crippen molar-refractivity contribution in [3.05, 3.63) is 11.6 Å². The summed E-state index contributed by atoms with van der Waals surface area (Å²) >= 11 is 0. The lowest BCUT2D eigenvalue weighted by atomic mass is 9.93. The highest BCUT2D eigenvalue weighted by Crippen LogP contribution is 2.59. The third kappa shape index (κ3) is 3.19. The summed E-state index contributed by atoms with van der Waals surface area (Å²) in [4.78, 5) is 12.4. The van der Waals surface area contributed by atoms with Crippen LogP contribution in [0, 0.1) is 17.3 Å². The van der Waals surface area contributed by atoms with Crippen LogP contribution in [0.25, 0.3) is 0 Å². The molecular formula is C16H27NO2. The molecule has 0 aromatic rings. The highest BCUT2D eigenvalue weighted by atomic mass is 16.3. The number of aliphatic hydroxyl groups excluding tert-OH is 1. The van der Waals surface area contributed by atoms with Gasteiger partial charge in [-0.1, -0.05) is 25.5 Å². The second-order valence-corrected chi connectivity index (χ2v) is 7.08. The molecule has 0 radical (unpaired) electrons. The maximum absolute atomic E-state index is 12.4. The number of carbonyl (C=O) groups excluding carboxylic acids is 1. The summed E-state index contributed by atoms with van der Waals surface area (Å²) in [5, 5.41) is 12.7. The van der Waals surface area contributed by atoms with E-state index >= 15 is 0 Å². The zero-order chi connectivity index (χ0) is 14.2. The van der Waals surface area contributed by atoms with Gasteiger partial charge in [0.15, 0.2) is 0 Å². The second-order valence-electron chi connectivity index (χ2n) is 7.08. The van der Waals surface area contributed by atoms with Crippen LogP contribution in [0.4, 0.5) is 0 Å². The van der Waals surface area contributed by atoms with E-state index in [0.717, 1.165) is 25.7 Å². The summed E-state index contributed by atoms with van der Waals surface area (Å²) in [7, 11) is 0. The molecule has 0 spiro atoms. The Kier molecular flexibility index (Phi) is 4.05. The Morgan fingerprint density at radius 3 is 2.32 bits per heavy atom. The van der Waals surface area contributed by atoms with Gasteiger partial charge in [0.05, 0.1) is 12.0 Å². The molecule has 2 fully saturated rings. The monoisotopic (exact) mass is 265 g/mol. The summed E-state index contributed by atoms with van der Waals surface area (Å²) in [6.07, 6.45) is 5.52. The van der Waals surface area contributed by atoms with Crippen LogP contribution in [0.2, 0.25) is 0 Å². The van der Waals surface area contributed by atoms with Crippen molar-refractivity contribution >= 4 is 5.91 Å². The van der Waals surface area contributed by atoms with Gasteiger partial charge in [0, 0.05) is 6.04 Å². The molecule has 0 aromatic carbocycles. The molecule has 108 valence electrons. The number of carbonyl (C=O) groups is 1. The average Bonchev–Trinajstić information content (AvgIpc) is 2.83. The smallest absolute Gasteiger partial charge is 0.224 e. The first kappa shape index (κ1) is 14.6. The minimum absolute atomic E-state index is 0.0928. The summed E-state index contributed by atoms with van der Waals surface area (Å²) in [5.74, 6) is 0.704. The first-order valence-corrected chi connectivity index (χ1v) is 7.46. The van der Waals surface area contributed by atoms with E-state index in [4.69, 9.17) is 0 Å². The molecule has 0 bridgehead atoms. The molecule has 2 N–H and O–H groups in total. The zero-order valence-corrected chi connectivity index (χ0v) is 12.6. The number of nitrogens with one attached hydrogen (secondary N) is 1. The van der Waals surface area contributed by atoms with Gasteiger partial charge in [-0.15, -0.1) is 0 Å². The Hall–Kier alpha value is -0.830. The lowest BCUT2D eigenvalue weighted by Crippen LogP contribution is -2.40. The van der Waals surface area contributed by atoms with Crippen molar-refractivity contribution < 1.29 is 9.90 Å². The van der Waals surface area contributed by atoms with E-state index in [1.54, 1.807) is 0 Å². The number of allylic oxidation sites excluding steroid dienone is 2. The van der Waals surface area contributed by atoms with Crippen LogP contribution in [-0.4, -0.2) is 23.2 Å². The van der Waals surface area contributed by atoms with Crippen LogP contribution in [0.15, 0.2) is 11.6 Å². The Labute approximate surface area is 116 Å². The molecule has 2 aliphatic carbocycles. The molecule has 0 aliphatic heterocycles. The molecule has 19 heavy (non-hydrogen) atoms. The first-order valence-electron chi connectivity index (χ1n) is 7.46. The highest BCUT2D eigenvalue weighted by Gasteiger charge is 2.60. The minimum Gasteiger partial charge on any atom is -0.393 e. The average molecular weight is 265 g/mol. The number of amides is 1. The molecule has 0 heterocycles. The molecule has 2 unspecified atom stereocenters. The maximum Gasteiger partial charge on any atom is 0.224 e. The van der Waals surface area contributed by atoms with Gasteiger partial charge in [0.25, 0.3) is 0 Å². The van der Waals surface area contributed by atoms with Gasteiger partial charge in [0.1, 0.15) is 0 Å². The molecule has 0 aromatic heterocycles. The summed E-state index contributed by atoms with van der Waals surface area (Å²) in [6, 6.07) is 0.264. The summed E-state index contributed by atoms with van der Waals surface area (Å²) in [5.41, 5.74) is 1.38. The first-order chi connectivity index (χ1) is 8.82. The topological polar surface area (TPSA) is 49.3 Å². The largest absolute Gasteiger partial charge is 0.393 e. The summed E-state index contributed by atoms with van der Waals surface area (Å²) in [6.45, 7) is 8.52. The van der Waals surface area contributed by atoms with Crippen molar-refractivity contribution in [3.8, 4) is 0 Å². The molecule has 2 aliphatic rings. The standard InChI is InChI=1S/C16H27NO2/c1-10(2)9-13-14(16(13,3)4)15(19)17-11-5-7-12(18)8-6-11/h9,11-14,18H,5-8H2,1-4H3,(H,17,19). The third-order valence-corrected chi connectivity index (χ3v) is 4.75. The van der Waals surface area contributed by atoms with Crippen LogP contribution in [0.1, 0.15) is 53.4 Å². The second kappa shape index (κ2) is 5.28. The van der Waals surface area contributed by atoms with Crippen molar-refractivity contribution in [2.75, 3.05) is 0 Å². The number of rotatable bonds is 3. The number of hydrogen-bond donors (Lipinski definition) is 2. The Bertz CT molecular complexity index is 374. The third-order valence-electron chi connectivity index (χ3n) is 4.75. The van der Waals surface area contributed by atoms with Gasteiger partial charge in [-0.3, -0.25) is 4.79 Å². The Morgan fingerprint density at radius 2 is 1.79 bits per heavy atom. The molecule has 2 rings (SSSR count). The van der Waals surface area contributed by atoms with E-state index in [-0.39, 0.29) is 29.4 Å². The molecule has 3 nitrogen and oxygen atoms in total. The van der Waals surface area contributed by atoms with Crippen LogP contribution in [-0.2, 0) is 4.79 Å². The molecule has 0 saturated heterocycles. The quantitative estimate of drug-likeness (QED) is 0.771. The maximum atomic E-state index is 12.4. The van der Waals surface area contributed by atoms with Crippen molar-refractivity contribution in [2.45, 2.75) is 65.5 Å². The molecule has 3 heteroatoms. The summed E-state index contributed by atoms with van der Waals surface area (Å²) < 4.78 is 0. The van der Waals surface area contributed by atoms with Gasteiger partial charge in [-0.05, 0) is 50.9 Å². The SMILES string of the molecule is CC(C)=CC1C(C(=O)NC2CCC(O)CC2)C1(C)C. The Morgan fingerprint density at radius 1 is 1.21 bits per heavy atom. The molecule has 2 atom stereocenters. The predicted molar refractivity (Wildman–Crippen MR) is 76.6 cm³/mol. The number of hydrogen-bond acceptors (Lipinski definition) is 2. The van der Waals surface area contributed by atoms with E-state index in [9.17, 15) is 9.90 Å². The highest BCUT2D eigenvalue weighted by molar-refractivity contribution is 5.84. The van der Waals surface area contributed by atoms with Gasteiger partial charge >= 0.3 is 0 Å². The van der Waals surface area contributed by atoms with Crippen molar-refractivity contribution in [1.29, 1.82) is 0 Å². The van der Waals surface area contributed by atoms with E-state index in [1.165, 1.54) is 5.57 Å². The minimum atomic E-state index is -0.163. The molecule has 1 amide bonds.